The van der Waals surface area contributed by atoms with Gasteiger partial charge in [0.05, 0.1) is 25.7 Å². The van der Waals surface area contributed by atoms with Gasteiger partial charge in [-0.1, -0.05) is 0 Å². The molecule has 0 amide bonds. The first-order valence-corrected chi connectivity index (χ1v) is 9.30. The molecule has 1 saturated heterocycles. The average Bonchev–Trinajstić information content (AvgIpc) is 3.44. The molecule has 5 atom stereocenters. The Balaban J connectivity index is 1.25. The fourth-order valence-corrected chi connectivity index (χ4v) is 5.98. The third-order valence-corrected chi connectivity index (χ3v) is 7.23. The van der Waals surface area contributed by atoms with Crippen LogP contribution in [0.3, 0.4) is 0 Å². The van der Waals surface area contributed by atoms with Gasteiger partial charge < -0.3 is 9.47 Å². The minimum Gasteiger partial charge on any atom is -0.466 e. The molecule has 5 fully saturated rings. The molecular formula is C18H26O5. The molecule has 5 nitrogen and oxygen atoms in total. The van der Waals surface area contributed by atoms with Crippen molar-refractivity contribution in [2.45, 2.75) is 57.7 Å². The maximum atomic E-state index is 12.0. The van der Waals surface area contributed by atoms with Crippen molar-refractivity contribution in [3.8, 4) is 0 Å². The van der Waals surface area contributed by atoms with Crippen LogP contribution >= 0.6 is 0 Å². The van der Waals surface area contributed by atoms with Gasteiger partial charge in [0.2, 0.25) is 5.79 Å². The molecule has 5 rings (SSSR count). The summed E-state index contributed by atoms with van der Waals surface area (Å²) in [5.74, 6) is 0.521. The third kappa shape index (κ3) is 1.82. The zero-order chi connectivity index (χ0) is 15.7. The lowest BCUT2D eigenvalue weighted by Gasteiger charge is -2.32. The van der Waals surface area contributed by atoms with E-state index in [0.717, 1.165) is 25.7 Å². The number of rotatable bonds is 2. The van der Waals surface area contributed by atoms with Crippen LogP contribution in [-0.2, 0) is 24.0 Å². The van der Waals surface area contributed by atoms with Crippen LogP contribution in [0.1, 0.15) is 51.9 Å². The highest BCUT2D eigenvalue weighted by Crippen LogP contribution is 3.02. The Morgan fingerprint density at radius 2 is 1.83 bits per heavy atom. The first-order chi connectivity index (χ1) is 11.2. The second-order valence-electron chi connectivity index (χ2n) is 8.21. The molecule has 4 saturated carbocycles. The third-order valence-electron chi connectivity index (χ3n) is 7.23. The lowest BCUT2D eigenvalue weighted by Crippen LogP contribution is -2.41. The summed E-state index contributed by atoms with van der Waals surface area (Å²) in [4.78, 5) is 23.5. The molecule has 0 aromatic rings. The van der Waals surface area contributed by atoms with Crippen molar-refractivity contribution in [2.24, 2.45) is 28.6 Å². The maximum absolute atomic E-state index is 12.0. The van der Waals surface area contributed by atoms with E-state index in [4.69, 9.17) is 19.2 Å². The van der Waals surface area contributed by atoms with E-state index in [2.05, 4.69) is 0 Å². The molecule has 5 unspecified atom stereocenters. The van der Waals surface area contributed by atoms with E-state index in [9.17, 15) is 4.79 Å². The minimum absolute atomic E-state index is 0.0345. The Morgan fingerprint density at radius 1 is 1.13 bits per heavy atom. The molecular weight excluding hydrogens is 296 g/mol. The van der Waals surface area contributed by atoms with E-state index >= 15 is 0 Å². The Kier molecular flexibility index (Phi) is 3.00. The second kappa shape index (κ2) is 4.70. The molecule has 3 spiro atoms. The van der Waals surface area contributed by atoms with Crippen molar-refractivity contribution in [2.75, 3.05) is 19.8 Å². The van der Waals surface area contributed by atoms with Crippen LogP contribution < -0.4 is 0 Å². The van der Waals surface area contributed by atoms with E-state index in [1.807, 2.05) is 6.92 Å². The number of carbonyl (C=O) groups is 1. The Labute approximate surface area is 136 Å². The molecule has 0 aromatic carbocycles. The van der Waals surface area contributed by atoms with E-state index in [1.54, 1.807) is 0 Å². The van der Waals surface area contributed by atoms with Gasteiger partial charge in [-0.2, -0.15) is 0 Å². The molecule has 0 aromatic heterocycles. The second-order valence-corrected chi connectivity index (χ2v) is 8.21. The molecule has 23 heavy (non-hydrogen) atoms. The smallest absolute Gasteiger partial charge is 0.308 e. The van der Waals surface area contributed by atoms with Crippen molar-refractivity contribution in [1.82, 2.24) is 0 Å². The number of ether oxygens (including phenoxy) is 2. The highest BCUT2D eigenvalue weighted by Gasteiger charge is 3.01. The topological polar surface area (TPSA) is 54.0 Å². The quantitative estimate of drug-likeness (QED) is 0.578. The summed E-state index contributed by atoms with van der Waals surface area (Å²) in [6, 6.07) is 0. The largest absolute Gasteiger partial charge is 0.466 e. The highest BCUT2D eigenvalue weighted by molar-refractivity contribution is 5.72. The number of esters is 1. The number of carbonyl (C=O) groups excluding carboxylic acids is 1. The standard InChI is InChI=1S/C18H26O5/c1-2-20-15(19)12-5-3-7-21-18(23-22-8-4-6-12)13-9-16(13)11-17(16)10-14(17)18/h12-14H,2-11H2,1H3. The monoisotopic (exact) mass is 322 g/mol. The van der Waals surface area contributed by atoms with E-state index in [-0.39, 0.29) is 11.9 Å². The summed E-state index contributed by atoms with van der Waals surface area (Å²) < 4.78 is 11.5. The van der Waals surface area contributed by atoms with E-state index in [0.29, 0.717) is 42.5 Å². The predicted molar refractivity (Wildman–Crippen MR) is 80.0 cm³/mol. The Hall–Kier alpha value is -0.650. The van der Waals surface area contributed by atoms with Crippen molar-refractivity contribution < 1.29 is 24.0 Å². The summed E-state index contributed by atoms with van der Waals surface area (Å²) in [6.45, 7) is 3.48. The summed E-state index contributed by atoms with van der Waals surface area (Å²) in [5.41, 5.74) is 1.13. The molecule has 0 radical (unpaired) electrons. The lowest BCUT2D eigenvalue weighted by molar-refractivity contribution is -0.442. The molecule has 4 aliphatic carbocycles. The molecule has 0 bridgehead atoms. The first-order valence-electron chi connectivity index (χ1n) is 9.30. The predicted octanol–water partition coefficient (Wildman–Crippen LogP) is 2.83. The van der Waals surface area contributed by atoms with Crippen LogP contribution in [0.15, 0.2) is 0 Å². The molecule has 5 aliphatic rings. The maximum Gasteiger partial charge on any atom is 0.308 e. The van der Waals surface area contributed by atoms with Crippen LogP contribution in [0.2, 0.25) is 0 Å². The average molecular weight is 322 g/mol. The Morgan fingerprint density at radius 3 is 2.52 bits per heavy atom. The van der Waals surface area contributed by atoms with Gasteiger partial charge in [0.15, 0.2) is 0 Å². The summed E-state index contributed by atoms with van der Waals surface area (Å²) >= 11 is 0. The highest BCUT2D eigenvalue weighted by atomic mass is 17.2. The van der Waals surface area contributed by atoms with Gasteiger partial charge in [0, 0.05) is 11.8 Å². The number of hydrogen-bond donors (Lipinski definition) is 0. The summed E-state index contributed by atoms with van der Waals surface area (Å²) in [5, 5.41) is 0. The first kappa shape index (κ1) is 14.7. The lowest BCUT2D eigenvalue weighted by atomic mass is 9.98. The van der Waals surface area contributed by atoms with Crippen molar-refractivity contribution >= 4 is 5.97 Å². The molecule has 5 heteroatoms. The van der Waals surface area contributed by atoms with Crippen LogP contribution in [0.5, 0.6) is 0 Å². The molecule has 1 heterocycles. The zero-order valence-electron chi connectivity index (χ0n) is 13.8. The van der Waals surface area contributed by atoms with Crippen molar-refractivity contribution in [3.05, 3.63) is 0 Å². The molecule has 1 aliphatic heterocycles. The summed E-state index contributed by atoms with van der Waals surface area (Å²) in [6.07, 6.45) is 7.26. The van der Waals surface area contributed by atoms with Crippen LogP contribution in [-0.4, -0.2) is 31.6 Å². The fourth-order valence-electron chi connectivity index (χ4n) is 5.98. The molecule has 0 N–H and O–H groups in total. The van der Waals surface area contributed by atoms with Crippen molar-refractivity contribution in [3.63, 3.8) is 0 Å². The van der Waals surface area contributed by atoms with Crippen LogP contribution in [0.25, 0.3) is 0 Å². The Bertz CT molecular complexity index is 512. The summed E-state index contributed by atoms with van der Waals surface area (Å²) in [7, 11) is 0. The van der Waals surface area contributed by atoms with E-state index in [1.165, 1.54) is 19.3 Å². The van der Waals surface area contributed by atoms with Gasteiger partial charge in [-0.3, -0.25) is 4.79 Å². The van der Waals surface area contributed by atoms with E-state index < -0.39 is 5.79 Å². The SMILES string of the molecule is CCOC(=O)C1CCCOOC2(OCCC1)C1CC13CC31CC21. The van der Waals surface area contributed by atoms with Gasteiger partial charge in [-0.05, 0) is 62.7 Å². The van der Waals surface area contributed by atoms with Gasteiger partial charge in [0.25, 0.3) is 0 Å². The van der Waals surface area contributed by atoms with Crippen molar-refractivity contribution in [1.29, 1.82) is 0 Å². The van der Waals surface area contributed by atoms with Crippen LogP contribution in [0, 0.1) is 28.6 Å². The van der Waals surface area contributed by atoms with Gasteiger partial charge in [-0.25, -0.2) is 9.78 Å². The fraction of sp³-hybridized carbons (Fsp3) is 0.944. The van der Waals surface area contributed by atoms with Crippen LogP contribution in [0.4, 0.5) is 0 Å². The molecule has 128 valence electrons. The van der Waals surface area contributed by atoms with Gasteiger partial charge >= 0.3 is 5.97 Å². The zero-order valence-corrected chi connectivity index (χ0v) is 13.8. The normalized spacial score (nSPS) is 53.5. The van der Waals surface area contributed by atoms with Gasteiger partial charge in [-0.15, -0.1) is 0 Å². The minimum atomic E-state index is -0.470. The van der Waals surface area contributed by atoms with Gasteiger partial charge in [0.1, 0.15) is 0 Å². The number of fused-ring (bicyclic) bond motifs is 2. The number of hydrogen-bond acceptors (Lipinski definition) is 5.